The summed E-state index contributed by atoms with van der Waals surface area (Å²) in [6.45, 7) is 1.15. The summed E-state index contributed by atoms with van der Waals surface area (Å²) < 4.78 is 92.4. The molecule has 0 aromatic carbocycles. The quantitative estimate of drug-likeness (QED) is 0.304. The van der Waals surface area contributed by atoms with Crippen molar-refractivity contribution < 1.29 is 64.6 Å². The molecule has 7 atom stereocenters. The number of alkyl halides is 2. The molecule has 4 bridgehead atoms. The summed E-state index contributed by atoms with van der Waals surface area (Å²) in [5.74, 6) is -5.72. The predicted octanol–water partition coefficient (Wildman–Crippen LogP) is 0.283. The lowest BCUT2D eigenvalue weighted by Crippen LogP contribution is -2.66. The van der Waals surface area contributed by atoms with Gasteiger partial charge in [-0.3, -0.25) is 9.35 Å². The molecule has 7 unspecified atom stereocenters. The molecule has 7 fully saturated rings. The minimum absolute atomic E-state index is 0.00393. The number of rotatable bonds is 4. The van der Waals surface area contributed by atoms with E-state index in [4.69, 9.17) is 33.0 Å². The molecule has 0 aromatic rings. The van der Waals surface area contributed by atoms with E-state index in [1.54, 1.807) is 0 Å². The Bertz CT molecular complexity index is 1090. The molecule has 0 amide bonds. The van der Waals surface area contributed by atoms with E-state index in [-0.39, 0.29) is 25.2 Å². The second-order valence-electron chi connectivity index (χ2n) is 10.2. The van der Waals surface area contributed by atoms with Crippen LogP contribution in [0.15, 0.2) is 0 Å². The third kappa shape index (κ3) is 3.21. The first-order valence-electron chi connectivity index (χ1n) is 11.2. The fourth-order valence-corrected chi connectivity index (χ4v) is 7.28. The maximum atomic E-state index is 13.9. The molecular weight excluding hydrogens is 502 g/mol. The van der Waals surface area contributed by atoms with Gasteiger partial charge in [0.25, 0.3) is 0 Å². The Labute approximate surface area is 197 Å². The molecule has 4 aliphatic carbocycles. The van der Waals surface area contributed by atoms with Crippen molar-refractivity contribution in [1.82, 2.24) is 0 Å². The minimum Gasteiger partial charge on any atom is -0.454 e. The second-order valence-corrected chi connectivity index (χ2v) is 11.7. The number of fused-ring (bicyclic) bond motifs is 3. The molecular formula is C20H22F2O12S. The number of hydrogen-bond donors (Lipinski definition) is 1. The van der Waals surface area contributed by atoms with Crippen molar-refractivity contribution in [3.05, 3.63) is 0 Å². The highest BCUT2D eigenvalue weighted by atomic mass is 32.2. The highest BCUT2D eigenvalue weighted by Crippen LogP contribution is 2.65. The Kier molecular flexibility index (Phi) is 4.75. The van der Waals surface area contributed by atoms with E-state index in [9.17, 15) is 31.6 Å². The molecule has 12 nitrogen and oxygen atoms in total. The third-order valence-corrected chi connectivity index (χ3v) is 8.86. The number of carbonyl (C=O) groups is 3. The fraction of sp³-hybridized carbons (Fsp3) is 0.850. The van der Waals surface area contributed by atoms with Gasteiger partial charge in [-0.15, -0.1) is 0 Å². The largest absolute Gasteiger partial charge is 0.465 e. The maximum absolute atomic E-state index is 13.9. The van der Waals surface area contributed by atoms with E-state index in [1.165, 1.54) is 0 Å². The summed E-state index contributed by atoms with van der Waals surface area (Å²) in [5.41, 5.74) is -1.35. The Hall–Kier alpha value is -1.94. The van der Waals surface area contributed by atoms with E-state index in [1.807, 2.05) is 0 Å². The Morgan fingerprint density at radius 3 is 2.34 bits per heavy atom. The molecule has 0 radical (unpaired) electrons. The monoisotopic (exact) mass is 524 g/mol. The van der Waals surface area contributed by atoms with Crippen LogP contribution in [0.1, 0.15) is 39.0 Å². The van der Waals surface area contributed by atoms with Gasteiger partial charge in [0, 0.05) is 18.8 Å². The van der Waals surface area contributed by atoms with E-state index in [0.717, 1.165) is 6.92 Å². The Morgan fingerprint density at radius 1 is 1.09 bits per heavy atom. The zero-order chi connectivity index (χ0) is 25.1. The van der Waals surface area contributed by atoms with Crippen LogP contribution in [-0.2, 0) is 52.9 Å². The van der Waals surface area contributed by atoms with Crippen LogP contribution >= 0.6 is 0 Å². The van der Waals surface area contributed by atoms with Crippen LogP contribution in [-0.4, -0.2) is 78.2 Å². The smallest absolute Gasteiger partial charge is 0.454 e. The molecule has 3 heterocycles. The molecule has 3 saturated heterocycles. The molecule has 35 heavy (non-hydrogen) atoms. The lowest BCUT2D eigenvalue weighted by Gasteiger charge is -2.62. The van der Waals surface area contributed by atoms with Crippen molar-refractivity contribution in [2.45, 2.75) is 86.4 Å². The molecule has 1 N–H and O–H groups in total. The van der Waals surface area contributed by atoms with Crippen LogP contribution in [0.5, 0.6) is 0 Å². The standard InChI is InChI=1S/C20H22F2O12S/c1-7(23)29-13-11-12(30-15(13)24)14-16(31-11)33-19(32-14)9-2-8-3-10(19)6-18(4-8,5-9)34-17(25)20(21,22)35(26,27)28/h8-14,16H,2-6H2,1H3,(H,26,27,28). The van der Waals surface area contributed by atoms with Crippen LogP contribution < -0.4 is 0 Å². The van der Waals surface area contributed by atoms with Crippen molar-refractivity contribution in [3.8, 4) is 0 Å². The first kappa shape index (κ1) is 23.5. The average Bonchev–Trinajstić information content (AvgIpc) is 3.34. The molecule has 0 aromatic heterocycles. The van der Waals surface area contributed by atoms with Crippen LogP contribution in [0.2, 0.25) is 0 Å². The van der Waals surface area contributed by atoms with Gasteiger partial charge in [-0.05, 0) is 38.0 Å². The number of ether oxygens (including phenoxy) is 6. The summed E-state index contributed by atoms with van der Waals surface area (Å²) >= 11 is 0. The van der Waals surface area contributed by atoms with Gasteiger partial charge >= 0.3 is 33.3 Å². The summed E-state index contributed by atoms with van der Waals surface area (Å²) in [4.78, 5) is 35.6. The fourth-order valence-electron chi connectivity index (χ4n) is 7.02. The van der Waals surface area contributed by atoms with Crippen LogP contribution in [0.25, 0.3) is 0 Å². The molecule has 7 rings (SSSR count). The zero-order valence-electron chi connectivity index (χ0n) is 18.3. The lowest BCUT2D eigenvalue weighted by atomic mass is 9.51. The van der Waals surface area contributed by atoms with Crippen molar-refractivity contribution in [2.75, 3.05) is 0 Å². The molecule has 15 heteroatoms. The summed E-state index contributed by atoms with van der Waals surface area (Å²) in [7, 11) is -5.99. The van der Waals surface area contributed by atoms with Crippen molar-refractivity contribution in [2.24, 2.45) is 17.8 Å². The Balaban J connectivity index is 1.21. The number of hydrogen-bond acceptors (Lipinski definition) is 11. The minimum atomic E-state index is -5.99. The second kappa shape index (κ2) is 7.09. The zero-order valence-corrected chi connectivity index (χ0v) is 19.1. The van der Waals surface area contributed by atoms with Crippen LogP contribution in [0.3, 0.4) is 0 Å². The number of esters is 3. The van der Waals surface area contributed by atoms with Crippen molar-refractivity contribution in [3.63, 3.8) is 0 Å². The predicted molar refractivity (Wildman–Crippen MR) is 102 cm³/mol. The molecule has 7 aliphatic rings. The molecule has 3 aliphatic heterocycles. The van der Waals surface area contributed by atoms with E-state index >= 15 is 0 Å². The molecule has 194 valence electrons. The van der Waals surface area contributed by atoms with Crippen molar-refractivity contribution >= 4 is 28.0 Å². The van der Waals surface area contributed by atoms with Gasteiger partial charge < -0.3 is 28.4 Å². The van der Waals surface area contributed by atoms with Gasteiger partial charge in [-0.1, -0.05) is 0 Å². The van der Waals surface area contributed by atoms with Gasteiger partial charge in [0.1, 0.15) is 11.7 Å². The topological polar surface area (TPSA) is 161 Å². The normalized spacial score (nSPS) is 47.5. The molecule has 1 spiro atoms. The summed E-state index contributed by atoms with van der Waals surface area (Å²) in [6, 6.07) is 0. The van der Waals surface area contributed by atoms with Gasteiger partial charge in [0.05, 0.1) is 0 Å². The SMILES string of the molecule is CC(=O)OC1C(=O)OC2C3OC4(OC3OC12)C1CC2CC4CC(OC(=O)C(F)(F)S(=O)(=O)O)(C2)C1. The van der Waals surface area contributed by atoms with E-state index < -0.39 is 87.2 Å². The summed E-state index contributed by atoms with van der Waals surface area (Å²) in [6.07, 6.45) is -3.11. The highest BCUT2D eigenvalue weighted by Gasteiger charge is 2.74. The van der Waals surface area contributed by atoms with E-state index in [0.29, 0.717) is 12.8 Å². The molecule has 4 saturated carbocycles. The summed E-state index contributed by atoms with van der Waals surface area (Å²) in [5, 5.41) is -5.08. The number of halogens is 2. The van der Waals surface area contributed by atoms with Crippen LogP contribution in [0.4, 0.5) is 8.78 Å². The van der Waals surface area contributed by atoms with Gasteiger partial charge in [-0.25, -0.2) is 9.59 Å². The first-order valence-corrected chi connectivity index (χ1v) is 12.7. The lowest BCUT2D eigenvalue weighted by molar-refractivity contribution is -0.343. The highest BCUT2D eigenvalue weighted by molar-refractivity contribution is 7.87. The average molecular weight is 524 g/mol. The third-order valence-electron chi connectivity index (χ3n) is 8.05. The maximum Gasteiger partial charge on any atom is 0.465 e. The first-order chi connectivity index (χ1) is 16.2. The van der Waals surface area contributed by atoms with Crippen LogP contribution in [0, 0.1) is 17.8 Å². The van der Waals surface area contributed by atoms with Gasteiger partial charge in [0.2, 0.25) is 6.10 Å². The van der Waals surface area contributed by atoms with Gasteiger partial charge in [0.15, 0.2) is 24.3 Å². The van der Waals surface area contributed by atoms with E-state index in [2.05, 4.69) is 0 Å². The number of carbonyl (C=O) groups excluding carboxylic acids is 3. The Morgan fingerprint density at radius 2 is 1.74 bits per heavy atom. The van der Waals surface area contributed by atoms with Crippen molar-refractivity contribution in [1.29, 1.82) is 0 Å². The van der Waals surface area contributed by atoms with Gasteiger partial charge in [-0.2, -0.15) is 17.2 Å².